The molecule has 0 atom stereocenters. The number of rotatable bonds is 4. The number of hydrogen-bond donors (Lipinski definition) is 1. The SMILES string of the molecule is CCCCCN1CCNCC1.Fc1ccccn1. The summed E-state index contributed by atoms with van der Waals surface area (Å²) in [4.78, 5) is 5.87. The summed E-state index contributed by atoms with van der Waals surface area (Å²) in [5, 5.41) is 3.36. The molecule has 1 aliphatic heterocycles. The van der Waals surface area contributed by atoms with E-state index in [1.54, 1.807) is 12.1 Å². The van der Waals surface area contributed by atoms with Crippen LogP contribution >= 0.6 is 0 Å². The molecule has 2 heterocycles. The minimum atomic E-state index is -0.428. The van der Waals surface area contributed by atoms with Crippen LogP contribution in [0.4, 0.5) is 4.39 Å². The van der Waals surface area contributed by atoms with E-state index >= 15 is 0 Å². The van der Waals surface area contributed by atoms with E-state index in [1.807, 2.05) is 0 Å². The molecule has 0 unspecified atom stereocenters. The van der Waals surface area contributed by atoms with Gasteiger partial charge in [-0.25, -0.2) is 4.98 Å². The molecule has 1 fully saturated rings. The molecule has 0 radical (unpaired) electrons. The molecule has 3 nitrogen and oxygen atoms in total. The summed E-state index contributed by atoms with van der Waals surface area (Å²) < 4.78 is 11.8. The molecule has 0 spiro atoms. The lowest BCUT2D eigenvalue weighted by Crippen LogP contribution is -2.43. The molecule has 1 aromatic heterocycles. The van der Waals surface area contributed by atoms with Crippen molar-refractivity contribution in [3.05, 3.63) is 30.3 Å². The van der Waals surface area contributed by atoms with Gasteiger partial charge in [0.05, 0.1) is 0 Å². The average Bonchev–Trinajstić information content (AvgIpc) is 2.42. The number of piperazine rings is 1. The Morgan fingerprint density at radius 1 is 1.28 bits per heavy atom. The van der Waals surface area contributed by atoms with Crippen LogP contribution in [0.3, 0.4) is 0 Å². The van der Waals surface area contributed by atoms with Gasteiger partial charge in [0.15, 0.2) is 0 Å². The predicted octanol–water partition coefficient (Wildman–Crippen LogP) is 2.30. The van der Waals surface area contributed by atoms with Gasteiger partial charge < -0.3 is 10.2 Å². The second kappa shape index (κ2) is 9.97. The predicted molar refractivity (Wildman–Crippen MR) is 73.0 cm³/mol. The zero-order chi connectivity index (χ0) is 13.1. The molecule has 2 rings (SSSR count). The van der Waals surface area contributed by atoms with Crippen molar-refractivity contribution in [1.29, 1.82) is 0 Å². The molecule has 4 heteroatoms. The number of aromatic nitrogens is 1. The van der Waals surface area contributed by atoms with Crippen LogP contribution in [0.5, 0.6) is 0 Å². The summed E-state index contributed by atoms with van der Waals surface area (Å²) in [6.07, 6.45) is 5.53. The molecule has 1 N–H and O–H groups in total. The first kappa shape index (κ1) is 15.1. The average molecular weight is 253 g/mol. The van der Waals surface area contributed by atoms with E-state index < -0.39 is 5.95 Å². The minimum absolute atomic E-state index is 0.428. The van der Waals surface area contributed by atoms with Crippen molar-refractivity contribution < 1.29 is 4.39 Å². The molecule has 18 heavy (non-hydrogen) atoms. The van der Waals surface area contributed by atoms with E-state index in [0.717, 1.165) is 0 Å². The molecule has 0 amide bonds. The maximum Gasteiger partial charge on any atom is 0.212 e. The van der Waals surface area contributed by atoms with Gasteiger partial charge in [-0.05, 0) is 25.1 Å². The van der Waals surface area contributed by atoms with Crippen molar-refractivity contribution in [1.82, 2.24) is 15.2 Å². The molecule has 102 valence electrons. The summed E-state index contributed by atoms with van der Waals surface area (Å²) in [5.41, 5.74) is 0. The quantitative estimate of drug-likeness (QED) is 0.659. The fraction of sp³-hybridized carbons (Fsp3) is 0.643. The summed E-state index contributed by atoms with van der Waals surface area (Å²) in [6.45, 7) is 8.46. The van der Waals surface area contributed by atoms with Crippen molar-refractivity contribution in [3.8, 4) is 0 Å². The standard InChI is InChI=1S/C9H20N2.C5H4FN/c1-2-3-4-7-11-8-5-10-6-9-11;6-5-3-1-2-4-7-5/h10H,2-9H2,1H3;1-4H. The van der Waals surface area contributed by atoms with Crippen LogP contribution in [-0.2, 0) is 0 Å². The molecule has 1 aromatic rings. The Bertz CT molecular complexity index is 286. The Morgan fingerprint density at radius 2 is 2.06 bits per heavy atom. The smallest absolute Gasteiger partial charge is 0.212 e. The first-order valence-corrected chi connectivity index (χ1v) is 6.82. The van der Waals surface area contributed by atoms with Gasteiger partial charge in [-0.3, -0.25) is 0 Å². The third kappa shape index (κ3) is 7.35. The van der Waals surface area contributed by atoms with Crippen LogP contribution in [0.2, 0.25) is 0 Å². The number of halogens is 1. The van der Waals surface area contributed by atoms with Gasteiger partial charge in [-0.2, -0.15) is 4.39 Å². The van der Waals surface area contributed by atoms with E-state index in [4.69, 9.17) is 0 Å². The lowest BCUT2D eigenvalue weighted by Gasteiger charge is -2.26. The van der Waals surface area contributed by atoms with E-state index in [2.05, 4.69) is 22.1 Å². The lowest BCUT2D eigenvalue weighted by atomic mass is 10.2. The van der Waals surface area contributed by atoms with Gasteiger partial charge in [0.2, 0.25) is 5.95 Å². The third-order valence-corrected chi connectivity index (χ3v) is 2.92. The second-order valence-electron chi connectivity index (χ2n) is 4.45. The molecule has 1 aliphatic rings. The zero-order valence-electron chi connectivity index (χ0n) is 11.2. The Morgan fingerprint density at radius 3 is 2.56 bits per heavy atom. The van der Waals surface area contributed by atoms with Gasteiger partial charge in [0.1, 0.15) is 0 Å². The van der Waals surface area contributed by atoms with Crippen molar-refractivity contribution in [2.45, 2.75) is 26.2 Å². The van der Waals surface area contributed by atoms with Crippen molar-refractivity contribution in [3.63, 3.8) is 0 Å². The van der Waals surface area contributed by atoms with Crippen molar-refractivity contribution in [2.75, 3.05) is 32.7 Å². The van der Waals surface area contributed by atoms with Crippen molar-refractivity contribution >= 4 is 0 Å². The summed E-state index contributed by atoms with van der Waals surface area (Å²) >= 11 is 0. The fourth-order valence-electron chi connectivity index (χ4n) is 1.86. The monoisotopic (exact) mass is 253 g/mol. The summed E-state index contributed by atoms with van der Waals surface area (Å²) in [6, 6.07) is 4.57. The van der Waals surface area contributed by atoms with Crippen LogP contribution in [0.25, 0.3) is 0 Å². The van der Waals surface area contributed by atoms with Gasteiger partial charge in [-0.1, -0.05) is 25.8 Å². The number of nitrogens with one attached hydrogen (secondary N) is 1. The Kier molecular flexibility index (Phi) is 8.34. The Labute approximate surface area is 109 Å². The second-order valence-corrected chi connectivity index (χ2v) is 4.45. The molecule has 0 saturated carbocycles. The molecule has 0 bridgehead atoms. The van der Waals surface area contributed by atoms with Crippen LogP contribution in [-0.4, -0.2) is 42.6 Å². The third-order valence-electron chi connectivity index (χ3n) is 2.92. The van der Waals surface area contributed by atoms with Crippen LogP contribution in [0, 0.1) is 5.95 Å². The number of nitrogens with zero attached hydrogens (tertiary/aromatic N) is 2. The first-order valence-electron chi connectivity index (χ1n) is 6.82. The molecule has 0 aliphatic carbocycles. The van der Waals surface area contributed by atoms with E-state index in [9.17, 15) is 4.39 Å². The fourth-order valence-corrected chi connectivity index (χ4v) is 1.86. The van der Waals surface area contributed by atoms with Gasteiger partial charge in [0.25, 0.3) is 0 Å². The molecule has 1 saturated heterocycles. The van der Waals surface area contributed by atoms with Gasteiger partial charge in [0, 0.05) is 32.4 Å². The summed E-state index contributed by atoms with van der Waals surface area (Å²) in [7, 11) is 0. The highest BCUT2D eigenvalue weighted by Crippen LogP contribution is 1.98. The van der Waals surface area contributed by atoms with Crippen molar-refractivity contribution in [2.24, 2.45) is 0 Å². The highest BCUT2D eigenvalue weighted by Gasteiger charge is 2.07. The maximum atomic E-state index is 11.8. The Hall–Kier alpha value is -1.00. The van der Waals surface area contributed by atoms with E-state index in [0.29, 0.717) is 0 Å². The largest absolute Gasteiger partial charge is 0.314 e. The maximum absolute atomic E-state index is 11.8. The highest BCUT2D eigenvalue weighted by molar-refractivity contribution is 4.90. The summed E-state index contributed by atoms with van der Waals surface area (Å²) in [5.74, 6) is -0.428. The van der Waals surface area contributed by atoms with Crippen LogP contribution in [0.15, 0.2) is 24.4 Å². The normalized spacial score (nSPS) is 15.9. The molecular weight excluding hydrogens is 229 g/mol. The highest BCUT2D eigenvalue weighted by atomic mass is 19.1. The first-order chi connectivity index (χ1) is 8.83. The zero-order valence-corrected chi connectivity index (χ0v) is 11.2. The topological polar surface area (TPSA) is 28.2 Å². The van der Waals surface area contributed by atoms with Crippen LogP contribution in [0.1, 0.15) is 26.2 Å². The Balaban J connectivity index is 0.000000199. The number of unbranched alkanes of at least 4 members (excludes halogenated alkanes) is 2. The molecular formula is C14H24FN3. The number of hydrogen-bond acceptors (Lipinski definition) is 3. The molecule has 0 aromatic carbocycles. The number of pyridine rings is 1. The van der Waals surface area contributed by atoms with Crippen LogP contribution < -0.4 is 5.32 Å². The van der Waals surface area contributed by atoms with Gasteiger partial charge in [-0.15, -0.1) is 0 Å². The van der Waals surface area contributed by atoms with E-state index in [-0.39, 0.29) is 0 Å². The minimum Gasteiger partial charge on any atom is -0.314 e. The van der Waals surface area contributed by atoms with Gasteiger partial charge >= 0.3 is 0 Å². The lowest BCUT2D eigenvalue weighted by molar-refractivity contribution is 0.236. The van der Waals surface area contributed by atoms with E-state index in [1.165, 1.54) is 64.2 Å².